The number of ether oxygens (including phenoxy) is 1. The summed E-state index contributed by atoms with van der Waals surface area (Å²) in [5.41, 5.74) is 0.541. The SMILES string of the molecule is O=C(NCC1CCOC1)N[C@@H](C(=O)O)c1ccccc1. The third-order valence-electron chi connectivity index (χ3n) is 3.23. The first kappa shape index (κ1) is 14.3. The number of amides is 2. The minimum Gasteiger partial charge on any atom is -0.479 e. The van der Waals surface area contributed by atoms with Gasteiger partial charge in [0.1, 0.15) is 0 Å². The van der Waals surface area contributed by atoms with Crippen LogP contribution in [0.15, 0.2) is 30.3 Å². The highest BCUT2D eigenvalue weighted by atomic mass is 16.5. The molecule has 1 aromatic rings. The van der Waals surface area contributed by atoms with Crippen molar-refractivity contribution in [1.82, 2.24) is 10.6 Å². The molecular weight excluding hydrogens is 260 g/mol. The molecule has 1 aromatic carbocycles. The van der Waals surface area contributed by atoms with E-state index in [-0.39, 0.29) is 0 Å². The second kappa shape index (κ2) is 6.91. The molecule has 1 fully saturated rings. The minimum atomic E-state index is -1.09. The van der Waals surface area contributed by atoms with E-state index >= 15 is 0 Å². The molecule has 2 rings (SSSR count). The van der Waals surface area contributed by atoms with Crippen LogP contribution in [0.4, 0.5) is 4.79 Å². The summed E-state index contributed by atoms with van der Waals surface area (Å²) >= 11 is 0. The quantitative estimate of drug-likeness (QED) is 0.754. The lowest BCUT2D eigenvalue weighted by Crippen LogP contribution is -2.42. The van der Waals surface area contributed by atoms with Crippen LogP contribution in [0.25, 0.3) is 0 Å². The zero-order chi connectivity index (χ0) is 14.4. The summed E-state index contributed by atoms with van der Waals surface area (Å²) in [5, 5.41) is 14.3. The van der Waals surface area contributed by atoms with Crippen LogP contribution in [0, 0.1) is 5.92 Å². The van der Waals surface area contributed by atoms with Crippen LogP contribution in [0.3, 0.4) is 0 Å². The smallest absolute Gasteiger partial charge is 0.330 e. The van der Waals surface area contributed by atoms with Gasteiger partial charge in [-0.2, -0.15) is 0 Å². The maximum atomic E-state index is 11.8. The normalized spacial score (nSPS) is 19.3. The lowest BCUT2D eigenvalue weighted by atomic mass is 10.1. The highest BCUT2D eigenvalue weighted by molar-refractivity contribution is 5.83. The van der Waals surface area contributed by atoms with Crippen molar-refractivity contribution in [2.24, 2.45) is 5.92 Å². The monoisotopic (exact) mass is 278 g/mol. The molecule has 2 atom stereocenters. The molecule has 0 radical (unpaired) electrons. The van der Waals surface area contributed by atoms with Gasteiger partial charge in [0.15, 0.2) is 6.04 Å². The van der Waals surface area contributed by atoms with E-state index in [1.807, 2.05) is 0 Å². The first-order valence-electron chi connectivity index (χ1n) is 6.56. The summed E-state index contributed by atoms with van der Waals surface area (Å²) < 4.78 is 5.21. The predicted octanol–water partition coefficient (Wildman–Crippen LogP) is 1.15. The molecule has 1 aliphatic rings. The summed E-state index contributed by atoms with van der Waals surface area (Å²) in [4.78, 5) is 23.0. The van der Waals surface area contributed by atoms with Gasteiger partial charge in [-0.25, -0.2) is 9.59 Å². The van der Waals surface area contributed by atoms with Gasteiger partial charge < -0.3 is 20.5 Å². The van der Waals surface area contributed by atoms with Crippen LogP contribution in [0.1, 0.15) is 18.0 Å². The molecule has 0 aromatic heterocycles. The van der Waals surface area contributed by atoms with E-state index in [9.17, 15) is 14.7 Å². The molecule has 1 heterocycles. The third kappa shape index (κ3) is 3.96. The predicted molar refractivity (Wildman–Crippen MR) is 72.3 cm³/mol. The van der Waals surface area contributed by atoms with E-state index < -0.39 is 18.0 Å². The summed E-state index contributed by atoms with van der Waals surface area (Å²) in [6, 6.07) is 7.09. The van der Waals surface area contributed by atoms with Crippen molar-refractivity contribution in [3.8, 4) is 0 Å². The number of carbonyl (C=O) groups is 2. The first-order chi connectivity index (χ1) is 9.66. The molecule has 1 aliphatic heterocycles. The number of rotatable bonds is 5. The molecule has 108 valence electrons. The van der Waals surface area contributed by atoms with Crippen molar-refractivity contribution in [1.29, 1.82) is 0 Å². The summed E-state index contributed by atoms with van der Waals surface area (Å²) in [6.07, 6.45) is 0.918. The van der Waals surface area contributed by atoms with Crippen LogP contribution < -0.4 is 10.6 Å². The molecule has 6 nitrogen and oxygen atoms in total. The molecule has 0 aliphatic carbocycles. The van der Waals surface area contributed by atoms with Crippen LogP contribution in [-0.2, 0) is 9.53 Å². The summed E-state index contributed by atoms with van der Waals surface area (Å²) in [6.45, 7) is 1.85. The molecule has 0 bridgehead atoms. The first-order valence-corrected chi connectivity index (χ1v) is 6.56. The molecule has 20 heavy (non-hydrogen) atoms. The highest BCUT2D eigenvalue weighted by Crippen LogP contribution is 2.13. The highest BCUT2D eigenvalue weighted by Gasteiger charge is 2.22. The lowest BCUT2D eigenvalue weighted by Gasteiger charge is -2.16. The molecule has 6 heteroatoms. The van der Waals surface area contributed by atoms with E-state index in [2.05, 4.69) is 10.6 Å². The Morgan fingerprint density at radius 2 is 2.10 bits per heavy atom. The second-order valence-electron chi connectivity index (χ2n) is 4.77. The topological polar surface area (TPSA) is 87.7 Å². The average Bonchev–Trinajstić information content (AvgIpc) is 2.96. The average molecular weight is 278 g/mol. The van der Waals surface area contributed by atoms with Gasteiger partial charge >= 0.3 is 12.0 Å². The van der Waals surface area contributed by atoms with E-state index in [1.165, 1.54) is 0 Å². The van der Waals surface area contributed by atoms with Gasteiger partial charge in [-0.1, -0.05) is 30.3 Å². The second-order valence-corrected chi connectivity index (χ2v) is 4.77. The summed E-state index contributed by atoms with van der Waals surface area (Å²) in [5.74, 6) is -0.781. The standard InChI is InChI=1S/C14H18N2O4/c17-13(18)12(11-4-2-1-3-5-11)16-14(19)15-8-10-6-7-20-9-10/h1-5,10,12H,6-9H2,(H,17,18)(H2,15,16,19)/t10?,12-/m1/s1. The number of carboxylic acid groups (broad SMARTS) is 1. The number of benzene rings is 1. The number of hydrogen-bond acceptors (Lipinski definition) is 3. The molecule has 0 spiro atoms. The Morgan fingerprint density at radius 3 is 2.70 bits per heavy atom. The van der Waals surface area contributed by atoms with E-state index in [4.69, 9.17) is 4.74 Å². The lowest BCUT2D eigenvalue weighted by molar-refractivity contribution is -0.139. The van der Waals surface area contributed by atoms with Crippen LogP contribution in [-0.4, -0.2) is 36.9 Å². The maximum Gasteiger partial charge on any atom is 0.330 e. The van der Waals surface area contributed by atoms with Crippen molar-refractivity contribution in [2.45, 2.75) is 12.5 Å². The van der Waals surface area contributed by atoms with Crippen molar-refractivity contribution in [2.75, 3.05) is 19.8 Å². The van der Waals surface area contributed by atoms with E-state index in [1.54, 1.807) is 30.3 Å². The fraction of sp³-hybridized carbons (Fsp3) is 0.429. The molecule has 0 saturated carbocycles. The number of carbonyl (C=O) groups excluding carboxylic acids is 1. The third-order valence-corrected chi connectivity index (χ3v) is 3.23. The Morgan fingerprint density at radius 1 is 1.35 bits per heavy atom. The number of carboxylic acids is 1. The molecular formula is C14H18N2O4. The zero-order valence-electron chi connectivity index (χ0n) is 11.0. The largest absolute Gasteiger partial charge is 0.479 e. The maximum absolute atomic E-state index is 11.8. The number of nitrogens with one attached hydrogen (secondary N) is 2. The van der Waals surface area contributed by atoms with Crippen molar-refractivity contribution in [3.63, 3.8) is 0 Å². The van der Waals surface area contributed by atoms with Gasteiger partial charge in [0.25, 0.3) is 0 Å². The Labute approximate surface area is 117 Å². The zero-order valence-corrected chi connectivity index (χ0v) is 11.0. The summed E-state index contributed by atoms with van der Waals surface area (Å²) in [7, 11) is 0. The van der Waals surface area contributed by atoms with Gasteiger partial charge in [0.2, 0.25) is 0 Å². The van der Waals surface area contributed by atoms with Crippen molar-refractivity contribution < 1.29 is 19.4 Å². The van der Waals surface area contributed by atoms with Gasteiger partial charge in [-0.3, -0.25) is 0 Å². The molecule has 2 amide bonds. The van der Waals surface area contributed by atoms with Gasteiger partial charge in [0.05, 0.1) is 6.61 Å². The molecule has 1 unspecified atom stereocenters. The van der Waals surface area contributed by atoms with Crippen LogP contribution >= 0.6 is 0 Å². The minimum absolute atomic E-state index is 0.306. The van der Waals surface area contributed by atoms with Gasteiger partial charge in [-0.05, 0) is 12.0 Å². The number of hydrogen-bond donors (Lipinski definition) is 3. The Balaban J connectivity index is 1.87. The molecule has 3 N–H and O–H groups in total. The Bertz CT molecular complexity index is 458. The van der Waals surface area contributed by atoms with E-state index in [0.717, 1.165) is 13.0 Å². The fourth-order valence-electron chi connectivity index (χ4n) is 2.10. The Hall–Kier alpha value is -2.08. The van der Waals surface area contributed by atoms with Crippen LogP contribution in [0.2, 0.25) is 0 Å². The molecule has 1 saturated heterocycles. The number of urea groups is 1. The number of aliphatic carboxylic acids is 1. The van der Waals surface area contributed by atoms with Gasteiger partial charge in [0, 0.05) is 19.1 Å². The van der Waals surface area contributed by atoms with Gasteiger partial charge in [-0.15, -0.1) is 0 Å². The van der Waals surface area contributed by atoms with E-state index in [0.29, 0.717) is 24.6 Å². The van der Waals surface area contributed by atoms with Crippen molar-refractivity contribution in [3.05, 3.63) is 35.9 Å². The fourth-order valence-corrected chi connectivity index (χ4v) is 2.10. The van der Waals surface area contributed by atoms with Crippen LogP contribution in [0.5, 0.6) is 0 Å². The van der Waals surface area contributed by atoms with Crippen molar-refractivity contribution >= 4 is 12.0 Å². The Kier molecular flexibility index (Phi) is 4.95.